The zero-order chi connectivity index (χ0) is 8.39. The van der Waals surface area contributed by atoms with Gasteiger partial charge in [0, 0.05) is 24.2 Å². The van der Waals surface area contributed by atoms with E-state index >= 15 is 0 Å². The number of rotatable bonds is 1. The molecule has 60 valence electrons. The van der Waals surface area contributed by atoms with Crippen LogP contribution in [0.15, 0.2) is 35.9 Å². The lowest BCUT2D eigenvalue weighted by Crippen LogP contribution is -1.87. The van der Waals surface area contributed by atoms with Gasteiger partial charge in [0.1, 0.15) is 5.65 Å². The van der Waals surface area contributed by atoms with Crippen LogP contribution in [0, 0.1) is 0 Å². The number of hydrogen-bond acceptors (Lipinski definition) is 3. The molecule has 0 aromatic carbocycles. The van der Waals surface area contributed by atoms with Crippen molar-refractivity contribution in [3.8, 4) is 0 Å². The third kappa shape index (κ3) is 1.03. The summed E-state index contributed by atoms with van der Waals surface area (Å²) in [5.41, 5.74) is 1.72. The molecule has 0 unspecified atom stereocenters. The van der Waals surface area contributed by atoms with E-state index in [9.17, 15) is 0 Å². The van der Waals surface area contributed by atoms with Crippen molar-refractivity contribution in [1.82, 2.24) is 9.38 Å². The Kier molecular flexibility index (Phi) is 1.51. The standard InChI is InChI=1S/C8H7N3O/c12-10-5-7-1-2-8-9-3-4-11(8)6-7/h1-6,12H/b10-5+. The van der Waals surface area contributed by atoms with Crippen LogP contribution in [0.1, 0.15) is 5.56 Å². The first-order chi connectivity index (χ1) is 5.90. The largest absolute Gasteiger partial charge is 0.411 e. The third-order valence-electron chi connectivity index (χ3n) is 1.62. The topological polar surface area (TPSA) is 49.9 Å². The Morgan fingerprint density at radius 3 is 3.25 bits per heavy atom. The molecule has 2 aromatic heterocycles. The fraction of sp³-hybridized carbons (Fsp3) is 0. The molecule has 0 atom stereocenters. The number of nitrogens with zero attached hydrogens (tertiary/aromatic N) is 3. The van der Waals surface area contributed by atoms with Gasteiger partial charge in [-0.3, -0.25) is 0 Å². The average molecular weight is 161 g/mol. The van der Waals surface area contributed by atoms with Crippen LogP contribution in [0.3, 0.4) is 0 Å². The maximum atomic E-state index is 8.29. The number of aromatic nitrogens is 2. The molecule has 2 heterocycles. The Balaban J connectivity index is 2.60. The predicted octanol–water partition coefficient (Wildman–Crippen LogP) is 1.14. The molecule has 0 bridgehead atoms. The predicted molar refractivity (Wildman–Crippen MR) is 44.6 cm³/mol. The highest BCUT2D eigenvalue weighted by Crippen LogP contribution is 2.02. The molecule has 0 fully saturated rings. The van der Waals surface area contributed by atoms with Gasteiger partial charge in [0.05, 0.1) is 6.21 Å². The van der Waals surface area contributed by atoms with Crippen molar-refractivity contribution < 1.29 is 5.21 Å². The van der Waals surface area contributed by atoms with E-state index in [-0.39, 0.29) is 0 Å². The van der Waals surface area contributed by atoms with E-state index in [1.165, 1.54) is 6.21 Å². The molecule has 2 rings (SSSR count). The van der Waals surface area contributed by atoms with Crippen molar-refractivity contribution in [2.45, 2.75) is 0 Å². The van der Waals surface area contributed by atoms with Crippen LogP contribution in [-0.2, 0) is 0 Å². The maximum absolute atomic E-state index is 8.29. The lowest BCUT2D eigenvalue weighted by Gasteiger charge is -1.93. The molecule has 0 amide bonds. The van der Waals surface area contributed by atoms with Gasteiger partial charge in [0.15, 0.2) is 0 Å². The van der Waals surface area contributed by atoms with Gasteiger partial charge in [-0.2, -0.15) is 0 Å². The first kappa shape index (κ1) is 6.84. The van der Waals surface area contributed by atoms with Gasteiger partial charge >= 0.3 is 0 Å². The van der Waals surface area contributed by atoms with Crippen molar-refractivity contribution in [3.63, 3.8) is 0 Å². The Labute approximate surface area is 68.8 Å². The van der Waals surface area contributed by atoms with Crippen LogP contribution in [0.4, 0.5) is 0 Å². The second-order valence-electron chi connectivity index (χ2n) is 2.40. The molecule has 4 nitrogen and oxygen atoms in total. The zero-order valence-corrected chi connectivity index (χ0v) is 6.25. The molecule has 0 saturated heterocycles. The van der Waals surface area contributed by atoms with Gasteiger partial charge in [0.25, 0.3) is 0 Å². The zero-order valence-electron chi connectivity index (χ0n) is 6.25. The normalized spacial score (nSPS) is 11.3. The second-order valence-corrected chi connectivity index (χ2v) is 2.40. The molecule has 4 heteroatoms. The van der Waals surface area contributed by atoms with Crippen LogP contribution in [0.25, 0.3) is 5.65 Å². The van der Waals surface area contributed by atoms with Gasteiger partial charge in [-0.25, -0.2) is 4.98 Å². The monoisotopic (exact) mass is 161 g/mol. The highest BCUT2D eigenvalue weighted by Gasteiger charge is 1.92. The Hall–Kier alpha value is -1.84. The van der Waals surface area contributed by atoms with Crippen LogP contribution in [0.5, 0.6) is 0 Å². The summed E-state index contributed by atoms with van der Waals surface area (Å²) in [6.45, 7) is 0. The fourth-order valence-electron chi connectivity index (χ4n) is 1.08. The second kappa shape index (κ2) is 2.65. The smallest absolute Gasteiger partial charge is 0.136 e. The first-order valence-corrected chi connectivity index (χ1v) is 3.50. The summed E-state index contributed by atoms with van der Waals surface area (Å²) < 4.78 is 1.86. The molecule has 0 spiro atoms. The van der Waals surface area contributed by atoms with Crippen molar-refractivity contribution in [2.24, 2.45) is 5.16 Å². The van der Waals surface area contributed by atoms with E-state index in [1.807, 2.05) is 28.9 Å². The molecule has 0 saturated carbocycles. The van der Waals surface area contributed by atoms with Crippen LogP contribution >= 0.6 is 0 Å². The van der Waals surface area contributed by atoms with E-state index in [0.29, 0.717) is 0 Å². The number of hydrogen-bond donors (Lipinski definition) is 1. The first-order valence-electron chi connectivity index (χ1n) is 3.50. The molecule has 0 radical (unpaired) electrons. The minimum absolute atomic E-state index is 0.836. The summed E-state index contributed by atoms with van der Waals surface area (Å²) in [6.07, 6.45) is 6.76. The Morgan fingerprint density at radius 2 is 2.42 bits per heavy atom. The van der Waals surface area contributed by atoms with Crippen molar-refractivity contribution in [3.05, 3.63) is 36.3 Å². The molecule has 0 aliphatic heterocycles. The van der Waals surface area contributed by atoms with Crippen molar-refractivity contribution in [1.29, 1.82) is 0 Å². The molecular formula is C8H7N3O. The highest BCUT2D eigenvalue weighted by atomic mass is 16.4. The van der Waals surface area contributed by atoms with Crippen molar-refractivity contribution >= 4 is 11.9 Å². The summed E-state index contributed by atoms with van der Waals surface area (Å²) in [5, 5.41) is 11.2. The molecule has 2 aromatic rings. The Morgan fingerprint density at radius 1 is 1.50 bits per heavy atom. The van der Waals surface area contributed by atoms with Crippen LogP contribution < -0.4 is 0 Å². The van der Waals surface area contributed by atoms with Gasteiger partial charge < -0.3 is 9.61 Å². The number of fused-ring (bicyclic) bond motifs is 1. The minimum atomic E-state index is 0.836. The van der Waals surface area contributed by atoms with Crippen molar-refractivity contribution in [2.75, 3.05) is 0 Å². The maximum Gasteiger partial charge on any atom is 0.136 e. The third-order valence-corrected chi connectivity index (χ3v) is 1.62. The highest BCUT2D eigenvalue weighted by molar-refractivity contribution is 5.79. The van der Waals surface area contributed by atoms with Gasteiger partial charge in [-0.1, -0.05) is 5.16 Å². The molecule has 0 aliphatic carbocycles. The fourth-order valence-corrected chi connectivity index (χ4v) is 1.08. The van der Waals surface area contributed by atoms with E-state index in [1.54, 1.807) is 6.20 Å². The van der Waals surface area contributed by atoms with Gasteiger partial charge in [-0.05, 0) is 12.1 Å². The SMILES string of the molecule is O/N=C/c1ccc2nccn2c1. The van der Waals surface area contributed by atoms with E-state index in [0.717, 1.165) is 11.2 Å². The molecular weight excluding hydrogens is 154 g/mol. The Bertz CT molecular complexity index is 419. The lowest BCUT2D eigenvalue weighted by molar-refractivity contribution is 0.322. The van der Waals surface area contributed by atoms with Gasteiger partial charge in [0.2, 0.25) is 0 Å². The minimum Gasteiger partial charge on any atom is -0.411 e. The molecule has 0 aliphatic rings. The summed E-state index contributed by atoms with van der Waals surface area (Å²) >= 11 is 0. The summed E-state index contributed by atoms with van der Waals surface area (Å²) in [5.74, 6) is 0. The van der Waals surface area contributed by atoms with Crippen LogP contribution in [0.2, 0.25) is 0 Å². The summed E-state index contributed by atoms with van der Waals surface area (Å²) in [4.78, 5) is 4.08. The summed E-state index contributed by atoms with van der Waals surface area (Å²) in [7, 11) is 0. The molecule has 1 N–H and O–H groups in total. The van der Waals surface area contributed by atoms with E-state index in [2.05, 4.69) is 10.1 Å². The van der Waals surface area contributed by atoms with Gasteiger partial charge in [-0.15, -0.1) is 0 Å². The number of oxime groups is 1. The van der Waals surface area contributed by atoms with Crippen LogP contribution in [-0.4, -0.2) is 20.8 Å². The number of pyridine rings is 1. The van der Waals surface area contributed by atoms with E-state index < -0.39 is 0 Å². The average Bonchev–Trinajstić information content (AvgIpc) is 2.51. The van der Waals surface area contributed by atoms with E-state index in [4.69, 9.17) is 5.21 Å². The quantitative estimate of drug-likeness (QED) is 0.387. The number of imidazole rings is 1. The summed E-state index contributed by atoms with van der Waals surface area (Å²) in [6, 6.07) is 3.69. The lowest BCUT2D eigenvalue weighted by atomic mass is 10.3. The molecule has 12 heavy (non-hydrogen) atoms.